The molecule has 1 aliphatic rings. The standard InChI is InChI=1S/C25H29FN6O3/c1-25(2,3)31(24(34)35)14-15-10-17(26)12-18(11-15)29-22-21-20(8-9-28-23(21)33)32(30-22)19-7-5-4-6-16(19)13-27/h8-12,16,19H,4-7,14H2,1-3H3,(H,28,33)(H,29,30)(H,34,35). The summed E-state index contributed by atoms with van der Waals surface area (Å²) in [6, 6.07) is 8.17. The Labute approximate surface area is 202 Å². The first-order valence-corrected chi connectivity index (χ1v) is 11.6. The number of anilines is 2. The molecule has 4 rings (SSSR count). The van der Waals surface area contributed by atoms with Crippen molar-refractivity contribution in [3.63, 3.8) is 0 Å². The van der Waals surface area contributed by atoms with E-state index in [1.807, 2.05) is 0 Å². The summed E-state index contributed by atoms with van der Waals surface area (Å²) in [6.45, 7) is 5.30. The molecule has 3 aromatic rings. The Hall–Kier alpha value is -3.87. The number of carboxylic acid groups (broad SMARTS) is 1. The van der Waals surface area contributed by atoms with Crippen molar-refractivity contribution in [3.8, 4) is 6.07 Å². The molecular weight excluding hydrogens is 451 g/mol. The maximum absolute atomic E-state index is 14.5. The average molecular weight is 481 g/mol. The van der Waals surface area contributed by atoms with Crippen molar-refractivity contribution in [2.24, 2.45) is 5.92 Å². The summed E-state index contributed by atoms with van der Waals surface area (Å²) >= 11 is 0. The molecule has 1 amide bonds. The molecule has 1 saturated carbocycles. The zero-order valence-corrected chi connectivity index (χ0v) is 20.0. The third-order valence-corrected chi connectivity index (χ3v) is 6.44. The van der Waals surface area contributed by atoms with Crippen LogP contribution in [0.15, 0.2) is 35.3 Å². The van der Waals surface area contributed by atoms with E-state index in [0.29, 0.717) is 22.2 Å². The number of aromatic nitrogens is 3. The van der Waals surface area contributed by atoms with Crippen LogP contribution in [0.3, 0.4) is 0 Å². The molecule has 9 nitrogen and oxygen atoms in total. The van der Waals surface area contributed by atoms with Crippen molar-refractivity contribution in [1.82, 2.24) is 19.7 Å². The van der Waals surface area contributed by atoms with Gasteiger partial charge in [-0.05, 0) is 63.4 Å². The van der Waals surface area contributed by atoms with Gasteiger partial charge in [0.15, 0.2) is 5.82 Å². The van der Waals surface area contributed by atoms with Gasteiger partial charge in [-0.25, -0.2) is 9.18 Å². The fraction of sp³-hybridized carbons (Fsp3) is 0.440. The van der Waals surface area contributed by atoms with Gasteiger partial charge in [-0.3, -0.25) is 14.4 Å². The van der Waals surface area contributed by atoms with Gasteiger partial charge in [0.1, 0.15) is 11.2 Å². The second-order valence-corrected chi connectivity index (χ2v) is 9.96. The Morgan fingerprint density at radius 3 is 2.77 bits per heavy atom. The predicted molar refractivity (Wildman–Crippen MR) is 130 cm³/mol. The molecule has 35 heavy (non-hydrogen) atoms. The van der Waals surface area contributed by atoms with E-state index in [0.717, 1.165) is 25.7 Å². The van der Waals surface area contributed by atoms with E-state index < -0.39 is 17.4 Å². The third-order valence-electron chi connectivity index (χ3n) is 6.44. The molecule has 1 fully saturated rings. The van der Waals surface area contributed by atoms with Crippen LogP contribution in [0.4, 0.5) is 20.7 Å². The molecule has 2 heterocycles. The van der Waals surface area contributed by atoms with E-state index in [2.05, 4.69) is 21.5 Å². The van der Waals surface area contributed by atoms with Gasteiger partial charge >= 0.3 is 6.09 Å². The van der Waals surface area contributed by atoms with Gasteiger partial charge in [-0.2, -0.15) is 10.4 Å². The van der Waals surface area contributed by atoms with Crippen molar-refractivity contribution in [1.29, 1.82) is 5.26 Å². The van der Waals surface area contributed by atoms with Crippen LogP contribution in [-0.2, 0) is 6.54 Å². The van der Waals surface area contributed by atoms with Crippen LogP contribution in [0.2, 0.25) is 0 Å². The van der Waals surface area contributed by atoms with E-state index >= 15 is 0 Å². The largest absolute Gasteiger partial charge is 0.465 e. The van der Waals surface area contributed by atoms with Gasteiger partial charge in [0.2, 0.25) is 0 Å². The lowest BCUT2D eigenvalue weighted by molar-refractivity contribution is 0.0955. The summed E-state index contributed by atoms with van der Waals surface area (Å²) < 4.78 is 16.3. The molecule has 10 heteroatoms. The molecule has 1 aromatic carbocycles. The summed E-state index contributed by atoms with van der Waals surface area (Å²) in [6.07, 6.45) is 3.94. The van der Waals surface area contributed by atoms with Gasteiger partial charge in [0, 0.05) is 24.0 Å². The Balaban J connectivity index is 1.73. The zero-order valence-electron chi connectivity index (χ0n) is 20.0. The van der Waals surface area contributed by atoms with Crippen LogP contribution >= 0.6 is 0 Å². The first kappa shape index (κ1) is 24.3. The van der Waals surface area contributed by atoms with Gasteiger partial charge in [-0.1, -0.05) is 12.8 Å². The number of halogens is 1. The molecule has 2 aromatic heterocycles. The van der Waals surface area contributed by atoms with E-state index in [4.69, 9.17) is 0 Å². The lowest BCUT2D eigenvalue weighted by Crippen LogP contribution is -2.44. The monoisotopic (exact) mass is 480 g/mol. The molecule has 0 radical (unpaired) electrons. The number of rotatable bonds is 5. The molecule has 0 spiro atoms. The smallest absolute Gasteiger partial charge is 0.408 e. The minimum atomic E-state index is -1.10. The maximum atomic E-state index is 14.5. The lowest BCUT2D eigenvalue weighted by Gasteiger charge is -2.33. The number of hydrogen-bond acceptors (Lipinski definition) is 5. The molecule has 2 atom stereocenters. The summed E-state index contributed by atoms with van der Waals surface area (Å²) in [4.78, 5) is 28.4. The highest BCUT2D eigenvalue weighted by Crippen LogP contribution is 2.36. The number of hydrogen-bond donors (Lipinski definition) is 3. The normalized spacial score (nSPS) is 18.3. The Morgan fingerprint density at radius 2 is 2.09 bits per heavy atom. The van der Waals surface area contributed by atoms with Crippen molar-refractivity contribution >= 4 is 28.5 Å². The van der Waals surface area contributed by atoms with Crippen LogP contribution < -0.4 is 10.9 Å². The van der Waals surface area contributed by atoms with E-state index in [1.165, 1.54) is 17.0 Å². The Morgan fingerprint density at radius 1 is 1.34 bits per heavy atom. The minimum absolute atomic E-state index is 0.00698. The van der Waals surface area contributed by atoms with Gasteiger partial charge in [0.05, 0.1) is 23.5 Å². The highest BCUT2D eigenvalue weighted by Gasteiger charge is 2.30. The molecule has 184 valence electrons. The number of nitrogens with zero attached hydrogens (tertiary/aromatic N) is 4. The number of fused-ring (bicyclic) bond motifs is 1. The molecule has 3 N–H and O–H groups in total. The number of aromatic amines is 1. The number of benzene rings is 1. The highest BCUT2D eigenvalue weighted by atomic mass is 19.1. The first-order valence-electron chi connectivity index (χ1n) is 11.6. The number of nitrogens with one attached hydrogen (secondary N) is 2. The topological polar surface area (TPSA) is 127 Å². The fourth-order valence-corrected chi connectivity index (χ4v) is 4.72. The molecule has 1 aliphatic carbocycles. The van der Waals surface area contributed by atoms with Crippen LogP contribution in [-0.4, -0.2) is 36.4 Å². The molecule has 0 saturated heterocycles. The van der Waals surface area contributed by atoms with Gasteiger partial charge in [0.25, 0.3) is 5.56 Å². The number of pyridine rings is 1. The third kappa shape index (κ3) is 4.99. The second kappa shape index (κ2) is 9.41. The number of carbonyl (C=O) groups is 1. The quantitative estimate of drug-likeness (QED) is 0.464. The van der Waals surface area contributed by atoms with Gasteiger partial charge < -0.3 is 15.4 Å². The Kier molecular flexibility index (Phi) is 6.52. The summed E-state index contributed by atoms with van der Waals surface area (Å²) in [5, 5.41) is 27.3. The zero-order chi connectivity index (χ0) is 25.3. The number of H-pyrrole nitrogens is 1. The predicted octanol–water partition coefficient (Wildman–Crippen LogP) is 5.14. The van der Waals surface area contributed by atoms with Crippen molar-refractivity contribution in [3.05, 3.63) is 52.2 Å². The SMILES string of the molecule is CC(C)(C)N(Cc1cc(F)cc(Nc2nn(C3CCCCC3C#N)c3cc[nH]c(=O)c23)c1)C(=O)O. The van der Waals surface area contributed by atoms with E-state index in [1.54, 1.807) is 43.8 Å². The molecule has 0 aliphatic heterocycles. The maximum Gasteiger partial charge on any atom is 0.408 e. The minimum Gasteiger partial charge on any atom is -0.465 e. The van der Waals surface area contributed by atoms with Gasteiger partial charge in [-0.15, -0.1) is 0 Å². The Bertz CT molecular complexity index is 1350. The van der Waals surface area contributed by atoms with Crippen LogP contribution in [0.1, 0.15) is 58.1 Å². The highest BCUT2D eigenvalue weighted by molar-refractivity contribution is 5.91. The van der Waals surface area contributed by atoms with Crippen LogP contribution in [0.25, 0.3) is 10.9 Å². The molecule has 2 unspecified atom stereocenters. The fourth-order valence-electron chi connectivity index (χ4n) is 4.72. The van der Waals surface area contributed by atoms with Crippen LogP contribution in [0, 0.1) is 23.1 Å². The average Bonchev–Trinajstić information content (AvgIpc) is 3.15. The molecule has 0 bridgehead atoms. The van der Waals surface area contributed by atoms with Crippen molar-refractivity contribution in [2.75, 3.05) is 5.32 Å². The lowest BCUT2D eigenvalue weighted by atomic mass is 9.85. The molecular formula is C25H29FN6O3. The number of amides is 1. The summed E-state index contributed by atoms with van der Waals surface area (Å²) in [7, 11) is 0. The summed E-state index contributed by atoms with van der Waals surface area (Å²) in [5.74, 6) is -0.496. The van der Waals surface area contributed by atoms with Crippen molar-refractivity contribution in [2.45, 2.75) is 64.6 Å². The van der Waals surface area contributed by atoms with Crippen LogP contribution in [0.5, 0.6) is 0 Å². The van der Waals surface area contributed by atoms with E-state index in [9.17, 15) is 24.3 Å². The summed E-state index contributed by atoms with van der Waals surface area (Å²) in [5.41, 5.74) is 0.381. The second-order valence-electron chi connectivity index (χ2n) is 9.96. The first-order chi connectivity index (χ1) is 16.6. The van der Waals surface area contributed by atoms with E-state index in [-0.39, 0.29) is 29.9 Å². The number of nitriles is 1. The van der Waals surface area contributed by atoms with Crippen molar-refractivity contribution < 1.29 is 14.3 Å².